The van der Waals surface area contributed by atoms with Gasteiger partial charge in [-0.05, 0) is 32.9 Å². The molecule has 6 nitrogen and oxygen atoms in total. The van der Waals surface area contributed by atoms with Crippen molar-refractivity contribution in [1.29, 1.82) is 0 Å². The van der Waals surface area contributed by atoms with Crippen LogP contribution in [0.15, 0.2) is 54.6 Å². The minimum atomic E-state index is -0.162. The number of amides is 1. The number of aryl methyl sites for hydroxylation is 1. The summed E-state index contributed by atoms with van der Waals surface area (Å²) in [5.74, 6) is 0.702. The Kier molecular flexibility index (Phi) is 4.96. The molecule has 3 aromatic rings. The number of aromatic nitrogens is 3. The highest BCUT2D eigenvalue weighted by Crippen LogP contribution is 2.22. The van der Waals surface area contributed by atoms with E-state index in [1.807, 2.05) is 75.4 Å². The van der Waals surface area contributed by atoms with Gasteiger partial charge in [0.2, 0.25) is 5.82 Å². The first-order valence-corrected chi connectivity index (χ1v) is 9.55. The highest BCUT2D eigenvalue weighted by atomic mass is 16.5. The van der Waals surface area contributed by atoms with Crippen molar-refractivity contribution in [2.45, 2.75) is 33.0 Å². The van der Waals surface area contributed by atoms with E-state index in [0.29, 0.717) is 18.9 Å². The molecule has 0 aliphatic carbocycles. The Bertz CT molecular complexity index is 956. The van der Waals surface area contributed by atoms with E-state index in [9.17, 15) is 4.79 Å². The zero-order valence-corrected chi connectivity index (χ0v) is 16.4. The van der Waals surface area contributed by atoms with E-state index in [1.54, 1.807) is 9.58 Å². The van der Waals surface area contributed by atoms with Crippen LogP contribution in [0.4, 0.5) is 0 Å². The largest absolute Gasteiger partial charge is 0.372 e. The topological polar surface area (TPSA) is 60.2 Å². The average Bonchev–Trinajstić information content (AvgIpc) is 3.13. The van der Waals surface area contributed by atoms with E-state index in [2.05, 4.69) is 10.1 Å². The molecular weight excluding hydrogens is 352 g/mol. The third-order valence-corrected chi connectivity index (χ3v) is 4.82. The second-order valence-electron chi connectivity index (χ2n) is 7.34. The molecule has 2 unspecified atom stereocenters. The van der Waals surface area contributed by atoms with E-state index in [0.717, 1.165) is 16.8 Å². The number of morpholine rings is 1. The van der Waals surface area contributed by atoms with Gasteiger partial charge in [-0.3, -0.25) is 4.79 Å². The van der Waals surface area contributed by atoms with Crippen LogP contribution in [0.25, 0.3) is 17.1 Å². The lowest BCUT2D eigenvalue weighted by molar-refractivity contribution is -0.0588. The summed E-state index contributed by atoms with van der Waals surface area (Å²) in [4.78, 5) is 19.5. The highest BCUT2D eigenvalue weighted by molar-refractivity contribution is 5.91. The summed E-state index contributed by atoms with van der Waals surface area (Å²) < 4.78 is 7.49. The van der Waals surface area contributed by atoms with Crippen molar-refractivity contribution in [2.24, 2.45) is 0 Å². The molecular formula is C22H24N4O2. The number of ether oxygens (including phenoxy) is 1. The quantitative estimate of drug-likeness (QED) is 0.702. The number of benzene rings is 2. The van der Waals surface area contributed by atoms with Crippen molar-refractivity contribution in [2.75, 3.05) is 13.1 Å². The zero-order chi connectivity index (χ0) is 19.7. The van der Waals surface area contributed by atoms with Crippen LogP contribution in [-0.2, 0) is 4.74 Å². The van der Waals surface area contributed by atoms with Gasteiger partial charge in [-0.1, -0.05) is 48.0 Å². The van der Waals surface area contributed by atoms with Gasteiger partial charge in [-0.25, -0.2) is 9.67 Å². The molecule has 0 radical (unpaired) electrons. The number of hydrogen-bond donors (Lipinski definition) is 0. The van der Waals surface area contributed by atoms with Crippen LogP contribution in [0.1, 0.15) is 30.0 Å². The number of hydrogen-bond acceptors (Lipinski definition) is 4. The number of carbonyl (C=O) groups is 1. The van der Waals surface area contributed by atoms with Crippen LogP contribution >= 0.6 is 0 Å². The summed E-state index contributed by atoms with van der Waals surface area (Å²) in [6.45, 7) is 7.08. The molecule has 1 saturated heterocycles. The summed E-state index contributed by atoms with van der Waals surface area (Å²) in [5, 5.41) is 4.59. The molecule has 1 fully saturated rings. The summed E-state index contributed by atoms with van der Waals surface area (Å²) in [6, 6.07) is 17.8. The van der Waals surface area contributed by atoms with Crippen LogP contribution in [-0.4, -0.2) is 50.9 Å². The lowest BCUT2D eigenvalue weighted by Crippen LogP contribution is -2.48. The van der Waals surface area contributed by atoms with Crippen LogP contribution in [0, 0.1) is 6.92 Å². The van der Waals surface area contributed by atoms with Gasteiger partial charge in [-0.15, -0.1) is 5.10 Å². The molecule has 1 aromatic heterocycles. The Morgan fingerprint density at radius 2 is 1.64 bits per heavy atom. The molecule has 1 amide bonds. The van der Waals surface area contributed by atoms with Gasteiger partial charge in [-0.2, -0.15) is 0 Å². The van der Waals surface area contributed by atoms with Crippen LogP contribution in [0.5, 0.6) is 0 Å². The van der Waals surface area contributed by atoms with E-state index in [-0.39, 0.29) is 23.9 Å². The molecule has 0 bridgehead atoms. The van der Waals surface area contributed by atoms with E-state index < -0.39 is 0 Å². The summed E-state index contributed by atoms with van der Waals surface area (Å²) in [6.07, 6.45) is 0.000885. The Balaban J connectivity index is 1.75. The predicted octanol–water partition coefficient (Wildman–Crippen LogP) is 3.49. The summed E-state index contributed by atoms with van der Waals surface area (Å²) in [5.41, 5.74) is 2.95. The Morgan fingerprint density at radius 1 is 1.00 bits per heavy atom. The predicted molar refractivity (Wildman–Crippen MR) is 107 cm³/mol. The van der Waals surface area contributed by atoms with Crippen molar-refractivity contribution in [3.05, 3.63) is 66.0 Å². The van der Waals surface area contributed by atoms with Gasteiger partial charge in [0, 0.05) is 18.7 Å². The number of nitrogens with zero attached hydrogens (tertiary/aromatic N) is 4. The molecule has 1 aliphatic rings. The third kappa shape index (κ3) is 3.68. The summed E-state index contributed by atoms with van der Waals surface area (Å²) >= 11 is 0. The van der Waals surface area contributed by atoms with E-state index in [4.69, 9.17) is 4.74 Å². The van der Waals surface area contributed by atoms with Crippen molar-refractivity contribution >= 4 is 5.91 Å². The van der Waals surface area contributed by atoms with Gasteiger partial charge >= 0.3 is 0 Å². The lowest BCUT2D eigenvalue weighted by Gasteiger charge is -2.34. The van der Waals surface area contributed by atoms with E-state index in [1.165, 1.54) is 0 Å². The fourth-order valence-electron chi connectivity index (χ4n) is 3.53. The zero-order valence-electron chi connectivity index (χ0n) is 16.4. The van der Waals surface area contributed by atoms with Crippen molar-refractivity contribution in [3.8, 4) is 17.1 Å². The first-order valence-electron chi connectivity index (χ1n) is 9.55. The number of carbonyl (C=O) groups excluding carboxylic acids is 1. The second-order valence-corrected chi connectivity index (χ2v) is 7.34. The molecule has 2 atom stereocenters. The number of rotatable bonds is 3. The van der Waals surface area contributed by atoms with Gasteiger partial charge in [0.05, 0.1) is 17.9 Å². The van der Waals surface area contributed by atoms with Crippen molar-refractivity contribution in [3.63, 3.8) is 0 Å². The monoisotopic (exact) mass is 376 g/mol. The smallest absolute Gasteiger partial charge is 0.293 e. The maximum atomic E-state index is 13.1. The SMILES string of the molecule is Cc1ccc(-n2nc(C(=O)N3CC(C)OC(C)C3)nc2-c2ccccc2)cc1. The fraction of sp³-hybridized carbons (Fsp3) is 0.318. The van der Waals surface area contributed by atoms with Crippen molar-refractivity contribution < 1.29 is 9.53 Å². The normalized spacial score (nSPS) is 19.6. The molecule has 2 heterocycles. The minimum Gasteiger partial charge on any atom is -0.372 e. The Morgan fingerprint density at radius 3 is 2.29 bits per heavy atom. The average molecular weight is 376 g/mol. The lowest BCUT2D eigenvalue weighted by atomic mass is 10.2. The molecule has 0 saturated carbocycles. The van der Waals surface area contributed by atoms with Crippen molar-refractivity contribution in [1.82, 2.24) is 19.7 Å². The van der Waals surface area contributed by atoms with Crippen LogP contribution < -0.4 is 0 Å². The van der Waals surface area contributed by atoms with Gasteiger partial charge in [0.15, 0.2) is 5.82 Å². The third-order valence-electron chi connectivity index (χ3n) is 4.82. The Labute approximate surface area is 164 Å². The second kappa shape index (κ2) is 7.56. The fourth-order valence-corrected chi connectivity index (χ4v) is 3.53. The van der Waals surface area contributed by atoms with Gasteiger partial charge in [0.25, 0.3) is 5.91 Å². The molecule has 4 rings (SSSR count). The van der Waals surface area contributed by atoms with E-state index >= 15 is 0 Å². The maximum absolute atomic E-state index is 13.1. The Hall–Kier alpha value is -2.99. The standard InChI is InChI=1S/C22H24N4O2/c1-15-9-11-19(12-10-15)26-21(18-7-5-4-6-8-18)23-20(24-26)22(27)25-13-16(2)28-17(3)14-25/h4-12,16-17H,13-14H2,1-3H3. The molecule has 1 aliphatic heterocycles. The maximum Gasteiger partial charge on any atom is 0.293 e. The molecule has 28 heavy (non-hydrogen) atoms. The molecule has 144 valence electrons. The summed E-state index contributed by atoms with van der Waals surface area (Å²) in [7, 11) is 0. The highest BCUT2D eigenvalue weighted by Gasteiger charge is 2.29. The minimum absolute atomic E-state index is 0.000443. The van der Waals surface area contributed by atoms with Crippen LogP contribution in [0.3, 0.4) is 0 Å². The molecule has 6 heteroatoms. The molecule has 2 aromatic carbocycles. The first kappa shape index (κ1) is 18.4. The molecule has 0 spiro atoms. The van der Waals surface area contributed by atoms with Gasteiger partial charge < -0.3 is 9.64 Å². The molecule has 0 N–H and O–H groups in total. The van der Waals surface area contributed by atoms with Crippen LogP contribution in [0.2, 0.25) is 0 Å². The van der Waals surface area contributed by atoms with Gasteiger partial charge in [0.1, 0.15) is 0 Å². The first-order chi connectivity index (χ1) is 13.5.